The first-order chi connectivity index (χ1) is 20.0. The molecule has 2 fully saturated rings. The van der Waals surface area contributed by atoms with E-state index < -0.39 is 74.7 Å². The van der Waals surface area contributed by atoms with Gasteiger partial charge in [0, 0.05) is 0 Å². The summed E-state index contributed by atoms with van der Waals surface area (Å²) in [5, 5.41) is 30.9. The van der Waals surface area contributed by atoms with Gasteiger partial charge in [-0.3, -0.25) is 28.0 Å². The normalized spacial score (nSPS) is 31.3. The van der Waals surface area contributed by atoms with Crippen LogP contribution in [-0.4, -0.2) is 104 Å². The maximum Gasteiger partial charge on any atom is 0.386 e. The lowest BCUT2D eigenvalue weighted by Gasteiger charge is -2.25. The summed E-state index contributed by atoms with van der Waals surface area (Å²) in [5.74, 6) is -0.165. The largest absolute Gasteiger partial charge is 0.394 e. The van der Waals surface area contributed by atoms with E-state index in [4.69, 9.17) is 30.0 Å². The highest BCUT2D eigenvalue weighted by Gasteiger charge is 2.50. The zero-order chi connectivity index (χ0) is 29.9. The number of rotatable bonds is 8. The third-order valence-electron chi connectivity index (χ3n) is 6.83. The van der Waals surface area contributed by atoms with Crippen molar-refractivity contribution in [3.63, 3.8) is 0 Å². The topological polar surface area (TPSA) is 274 Å². The Hall–Kier alpha value is -3.27. The molecule has 2 aliphatic heterocycles. The van der Waals surface area contributed by atoms with Gasteiger partial charge in [0.2, 0.25) is 5.95 Å². The zero-order valence-corrected chi connectivity index (χ0v) is 22.9. The minimum Gasteiger partial charge on any atom is -0.394 e. The number of imidazole rings is 2. The molecule has 0 saturated carbocycles. The van der Waals surface area contributed by atoms with Crippen LogP contribution >= 0.6 is 19.0 Å². The minimum atomic E-state index is -4.40. The molecule has 4 aromatic heterocycles. The molecule has 19 nitrogen and oxygen atoms in total. The molecule has 42 heavy (non-hydrogen) atoms. The van der Waals surface area contributed by atoms with Gasteiger partial charge >= 0.3 is 6.80 Å². The van der Waals surface area contributed by atoms with E-state index in [1.807, 2.05) is 0 Å². The fraction of sp³-hybridized carbons (Fsp3) is 0.500. The maximum absolute atomic E-state index is 15.1. The van der Waals surface area contributed by atoms with Crippen LogP contribution in [0.5, 0.6) is 0 Å². The van der Waals surface area contributed by atoms with Gasteiger partial charge < -0.3 is 36.3 Å². The van der Waals surface area contributed by atoms with E-state index in [1.54, 1.807) is 0 Å². The maximum atomic E-state index is 15.1. The van der Waals surface area contributed by atoms with Crippen molar-refractivity contribution in [2.75, 3.05) is 24.7 Å². The summed E-state index contributed by atoms with van der Waals surface area (Å²) in [5.41, 5.74) is 11.0. The van der Waals surface area contributed by atoms with Gasteiger partial charge in [-0.25, -0.2) is 28.9 Å². The summed E-state index contributed by atoms with van der Waals surface area (Å²) in [6.07, 6.45) is -8.45. The first-order valence-corrected chi connectivity index (χ1v) is 14.9. The number of ether oxygens (including phenoxy) is 2. The predicted octanol–water partition coefficient (Wildman–Crippen LogP) is -1.59. The second kappa shape index (κ2) is 10.8. The van der Waals surface area contributed by atoms with Gasteiger partial charge in [-0.2, -0.15) is 4.98 Å². The summed E-state index contributed by atoms with van der Waals surface area (Å²) in [4.78, 5) is 34.4. The lowest BCUT2D eigenvalue weighted by Crippen LogP contribution is -2.35. The monoisotopic (exact) mass is 630 g/mol. The number of nitrogens with two attached hydrogens (primary N) is 2. The summed E-state index contributed by atoms with van der Waals surface area (Å²) in [6, 6.07) is 0. The summed E-state index contributed by atoms with van der Waals surface area (Å²) >= 11 is 3.96. The average Bonchev–Trinajstić information content (AvgIpc) is 3.69. The van der Waals surface area contributed by atoms with E-state index in [9.17, 15) is 24.7 Å². The Bertz CT molecular complexity index is 1740. The molecule has 0 spiro atoms. The number of aromatic nitrogens is 8. The summed E-state index contributed by atoms with van der Waals surface area (Å²) < 4.78 is 52.9. The van der Waals surface area contributed by atoms with Gasteiger partial charge in [-0.1, -0.05) is 12.2 Å². The third kappa shape index (κ3) is 4.91. The van der Waals surface area contributed by atoms with Gasteiger partial charge in [-0.15, -0.1) is 0 Å². The molecule has 4 aromatic rings. The lowest BCUT2D eigenvalue weighted by molar-refractivity contribution is -0.0534. The fourth-order valence-corrected chi connectivity index (χ4v) is 6.27. The number of nitrogen functional groups attached to an aromatic ring is 2. The minimum absolute atomic E-state index is 0.0443. The van der Waals surface area contributed by atoms with Crippen molar-refractivity contribution < 1.29 is 42.8 Å². The van der Waals surface area contributed by atoms with Gasteiger partial charge in [0.15, 0.2) is 41.3 Å². The molecule has 0 radical (unpaired) electrons. The molecular weight excluding hydrogens is 606 g/mol. The van der Waals surface area contributed by atoms with Crippen LogP contribution in [0.25, 0.3) is 22.3 Å². The van der Waals surface area contributed by atoms with E-state index in [0.717, 1.165) is 12.7 Å². The number of aliphatic hydroxyl groups is 3. The quantitative estimate of drug-likeness (QED) is 0.0854. The zero-order valence-electron chi connectivity index (χ0n) is 21.1. The number of anilines is 2. The molecule has 226 valence electrons. The molecule has 0 aromatic carbocycles. The predicted molar refractivity (Wildman–Crippen MR) is 142 cm³/mol. The van der Waals surface area contributed by atoms with Gasteiger partial charge in [-0.05, 0) is 0 Å². The molecule has 6 heterocycles. The van der Waals surface area contributed by atoms with E-state index in [0.29, 0.717) is 0 Å². The highest BCUT2D eigenvalue weighted by molar-refractivity contribution is 8.44. The lowest BCUT2D eigenvalue weighted by atomic mass is 10.1. The van der Waals surface area contributed by atoms with Crippen molar-refractivity contribution in [3.8, 4) is 0 Å². The third-order valence-corrected chi connectivity index (χ3v) is 8.44. The van der Waals surface area contributed by atoms with Gasteiger partial charge in [0.1, 0.15) is 42.4 Å². The van der Waals surface area contributed by atoms with E-state index in [-0.39, 0.29) is 34.1 Å². The number of aromatic amines is 1. The molecule has 0 aliphatic carbocycles. The first-order valence-electron chi connectivity index (χ1n) is 12.2. The van der Waals surface area contributed by atoms with Crippen molar-refractivity contribution in [3.05, 3.63) is 29.3 Å². The molecule has 0 amide bonds. The molecule has 9 atom stereocenters. The highest BCUT2D eigenvalue weighted by atomic mass is 32.7. The molecular formula is C20H24FN10O9PS. The highest BCUT2D eigenvalue weighted by Crippen LogP contribution is 2.57. The van der Waals surface area contributed by atoms with Crippen LogP contribution in [-0.2, 0) is 23.1 Å². The van der Waals surface area contributed by atoms with Crippen LogP contribution in [0.2, 0.25) is 0 Å². The number of nitrogens with zero attached hydrogens (tertiary/aromatic N) is 7. The smallest absolute Gasteiger partial charge is 0.386 e. The Kier molecular flexibility index (Phi) is 7.40. The number of fused-ring (bicyclic) bond motifs is 2. The van der Waals surface area contributed by atoms with Crippen LogP contribution in [0.15, 0.2) is 23.8 Å². The number of thiol groups is 1. The summed E-state index contributed by atoms with van der Waals surface area (Å²) in [6.45, 7) is -5.71. The first kappa shape index (κ1) is 28.8. The van der Waals surface area contributed by atoms with Crippen LogP contribution in [0, 0.1) is 0 Å². The fourth-order valence-electron chi connectivity index (χ4n) is 4.81. The van der Waals surface area contributed by atoms with Gasteiger partial charge in [0.25, 0.3) is 5.56 Å². The van der Waals surface area contributed by atoms with Crippen molar-refractivity contribution in [2.45, 2.75) is 49.1 Å². The number of halogens is 1. The van der Waals surface area contributed by atoms with E-state index >= 15 is 4.39 Å². The summed E-state index contributed by atoms with van der Waals surface area (Å²) in [7, 11) is 0. The SMILES string of the molecule is Nc1nc2c(ncn2[C@@H]2O[C@H](CO)[C@H](O)[C@@H]2OP(=O)(S)OC[C@H]2O[C@@H](n3cnc4c(N)ncnc43)C(F)[C@H]2O)c(=O)[nH]1. The molecule has 0 bridgehead atoms. The molecule has 2 saturated heterocycles. The average molecular weight is 631 g/mol. The van der Waals surface area contributed by atoms with E-state index in [1.165, 1.54) is 15.5 Å². The second-order valence-corrected chi connectivity index (χ2v) is 12.3. The number of H-pyrrole nitrogens is 1. The van der Waals surface area contributed by atoms with Crippen LogP contribution in [0.3, 0.4) is 0 Å². The number of nitrogens with one attached hydrogen (secondary N) is 1. The van der Waals surface area contributed by atoms with Gasteiger partial charge in [0.05, 0.1) is 25.9 Å². The van der Waals surface area contributed by atoms with Crippen LogP contribution < -0.4 is 17.0 Å². The molecule has 8 N–H and O–H groups in total. The molecule has 2 unspecified atom stereocenters. The van der Waals surface area contributed by atoms with E-state index in [2.05, 4.69) is 42.2 Å². The Morgan fingerprint density at radius 3 is 2.48 bits per heavy atom. The van der Waals surface area contributed by atoms with Crippen LogP contribution in [0.4, 0.5) is 16.2 Å². The van der Waals surface area contributed by atoms with Crippen molar-refractivity contribution >= 4 is 53.1 Å². The Morgan fingerprint density at radius 1 is 1.05 bits per heavy atom. The Labute approximate surface area is 238 Å². The second-order valence-electron chi connectivity index (χ2n) is 9.43. The number of alkyl halides is 1. The number of hydrogen-bond acceptors (Lipinski definition) is 16. The molecule has 22 heteroatoms. The number of aliphatic hydroxyl groups excluding tert-OH is 3. The van der Waals surface area contributed by atoms with Crippen molar-refractivity contribution in [1.82, 2.24) is 39.0 Å². The number of hydrogen-bond donors (Lipinski definition) is 7. The van der Waals surface area contributed by atoms with Crippen molar-refractivity contribution in [1.29, 1.82) is 0 Å². The molecule has 6 rings (SSSR count). The Morgan fingerprint density at radius 2 is 1.74 bits per heavy atom. The van der Waals surface area contributed by atoms with Crippen LogP contribution in [0.1, 0.15) is 12.5 Å². The Balaban J connectivity index is 1.19. The molecule has 2 aliphatic rings. The van der Waals surface area contributed by atoms with Crippen molar-refractivity contribution in [2.24, 2.45) is 0 Å². The standard InChI is InChI=1S/C20H24FN10O9PS/c21-8-11(33)7(39-18(8)30-4-26-9-14(22)24-3-25-15(9)30)2-37-41(36,42)40-13-12(34)6(1-32)38-19(13)31-5-27-10-16(31)28-20(23)29-17(10)35/h3-8,11-13,18-19,32-34H,1-2H2,(H,36,42)(H2,22,24,25)(H3,23,28,29,35)/t6-,7-,8?,11+,12+,13+,18-,19-,41?/m1/s1.